The zero-order valence-corrected chi connectivity index (χ0v) is 18.2. The molecule has 166 valence electrons. The van der Waals surface area contributed by atoms with Crippen LogP contribution in [0.1, 0.15) is 51.4 Å². The third-order valence-corrected chi connectivity index (χ3v) is 5.63. The molecule has 4 rings (SSSR count). The number of nitrogens with one attached hydrogen (secondary N) is 2. The molecule has 7 nitrogen and oxygen atoms in total. The maximum Gasteiger partial charge on any atom is 0.290 e. The second kappa shape index (κ2) is 9.21. The van der Waals surface area contributed by atoms with Gasteiger partial charge in [0.1, 0.15) is 5.82 Å². The Labute approximate surface area is 186 Å². The number of anilines is 1. The summed E-state index contributed by atoms with van der Waals surface area (Å²) in [5, 5.41) is 4.55. The summed E-state index contributed by atoms with van der Waals surface area (Å²) in [6, 6.07) is 13.2. The maximum atomic E-state index is 13.4. The standard InChI is InChI=1S/C24H26FN5O2/c1-29(2)19-8-6-7-16(15-19)23(31)26-27-24(32)22-20-9-4-3-5-10-21(20)30(28-22)18-13-11-17(25)12-14-18/h6-8,11-15H,3-5,9-10H2,1-2H3,(H,26,31)(H,27,32). The second-order valence-electron chi connectivity index (χ2n) is 8.08. The highest BCUT2D eigenvalue weighted by molar-refractivity contribution is 5.99. The summed E-state index contributed by atoms with van der Waals surface area (Å²) < 4.78 is 15.1. The molecule has 0 spiro atoms. The van der Waals surface area contributed by atoms with Crippen LogP contribution in [0.3, 0.4) is 0 Å². The van der Waals surface area contributed by atoms with Gasteiger partial charge in [-0.05, 0) is 68.1 Å². The molecular formula is C24H26FN5O2. The molecule has 3 aromatic rings. The highest BCUT2D eigenvalue weighted by atomic mass is 19.1. The van der Waals surface area contributed by atoms with Crippen LogP contribution in [0.4, 0.5) is 10.1 Å². The SMILES string of the molecule is CN(C)c1cccc(C(=O)NNC(=O)c2nn(-c3ccc(F)cc3)c3c2CCCCC3)c1. The van der Waals surface area contributed by atoms with Crippen molar-refractivity contribution in [1.82, 2.24) is 20.6 Å². The fourth-order valence-corrected chi connectivity index (χ4v) is 3.92. The first-order chi connectivity index (χ1) is 15.4. The van der Waals surface area contributed by atoms with Crippen molar-refractivity contribution in [3.05, 3.63) is 76.9 Å². The molecule has 2 amide bonds. The lowest BCUT2D eigenvalue weighted by molar-refractivity contribution is 0.0843. The van der Waals surface area contributed by atoms with E-state index in [0.717, 1.165) is 49.0 Å². The molecule has 0 unspecified atom stereocenters. The van der Waals surface area contributed by atoms with Crippen molar-refractivity contribution in [2.75, 3.05) is 19.0 Å². The first kappa shape index (κ1) is 21.5. The fraction of sp³-hybridized carbons (Fsp3) is 0.292. The number of benzene rings is 2. The monoisotopic (exact) mass is 435 g/mol. The number of carbonyl (C=O) groups excluding carboxylic acids is 2. The Morgan fingerprint density at radius 1 is 0.969 bits per heavy atom. The van der Waals surface area contributed by atoms with Crippen LogP contribution in [0.2, 0.25) is 0 Å². The van der Waals surface area contributed by atoms with E-state index in [9.17, 15) is 14.0 Å². The topological polar surface area (TPSA) is 79.3 Å². The molecule has 1 aliphatic carbocycles. The number of hydrogen-bond acceptors (Lipinski definition) is 4. The maximum absolute atomic E-state index is 13.4. The molecule has 0 saturated heterocycles. The minimum atomic E-state index is -0.471. The number of rotatable bonds is 4. The van der Waals surface area contributed by atoms with Crippen molar-refractivity contribution in [2.45, 2.75) is 32.1 Å². The van der Waals surface area contributed by atoms with E-state index in [1.165, 1.54) is 12.1 Å². The van der Waals surface area contributed by atoms with Crippen molar-refractivity contribution in [3.63, 3.8) is 0 Å². The molecule has 2 N–H and O–H groups in total. The average molecular weight is 436 g/mol. The first-order valence-corrected chi connectivity index (χ1v) is 10.7. The predicted octanol–water partition coefficient (Wildman–Crippen LogP) is 3.42. The lowest BCUT2D eigenvalue weighted by atomic mass is 10.1. The Morgan fingerprint density at radius 2 is 1.69 bits per heavy atom. The number of hydrogen-bond donors (Lipinski definition) is 2. The van der Waals surface area contributed by atoms with E-state index in [2.05, 4.69) is 16.0 Å². The Hall–Kier alpha value is -3.68. The summed E-state index contributed by atoms with van der Waals surface area (Å²) in [6.45, 7) is 0. The van der Waals surface area contributed by atoms with Crippen LogP contribution >= 0.6 is 0 Å². The molecule has 0 saturated carbocycles. The molecule has 0 bridgehead atoms. The molecule has 1 aliphatic rings. The molecule has 0 fully saturated rings. The number of carbonyl (C=O) groups is 2. The largest absolute Gasteiger partial charge is 0.378 e. The molecular weight excluding hydrogens is 409 g/mol. The fourth-order valence-electron chi connectivity index (χ4n) is 3.92. The third-order valence-electron chi connectivity index (χ3n) is 5.63. The average Bonchev–Trinajstić information content (AvgIpc) is 2.98. The van der Waals surface area contributed by atoms with Gasteiger partial charge in [0.2, 0.25) is 0 Å². The second-order valence-corrected chi connectivity index (χ2v) is 8.08. The summed E-state index contributed by atoms with van der Waals surface area (Å²) in [5.74, 6) is -1.21. The third kappa shape index (κ3) is 4.49. The Morgan fingerprint density at radius 3 is 2.44 bits per heavy atom. The summed E-state index contributed by atoms with van der Waals surface area (Å²) >= 11 is 0. The van der Waals surface area contributed by atoms with Crippen molar-refractivity contribution < 1.29 is 14.0 Å². The summed E-state index contributed by atoms with van der Waals surface area (Å²) in [6.07, 6.45) is 4.55. The molecule has 8 heteroatoms. The number of fused-ring (bicyclic) bond motifs is 1. The zero-order chi connectivity index (χ0) is 22.7. The normalized spacial score (nSPS) is 13.1. The molecule has 0 aliphatic heterocycles. The molecule has 1 aromatic heterocycles. The first-order valence-electron chi connectivity index (χ1n) is 10.7. The van der Waals surface area contributed by atoms with Crippen LogP contribution < -0.4 is 15.8 Å². The quantitative estimate of drug-likeness (QED) is 0.486. The van der Waals surface area contributed by atoms with E-state index in [4.69, 9.17) is 0 Å². The number of nitrogens with zero attached hydrogens (tertiary/aromatic N) is 3. The van der Waals surface area contributed by atoms with Gasteiger partial charge in [0.25, 0.3) is 11.8 Å². The van der Waals surface area contributed by atoms with Gasteiger partial charge in [0.05, 0.1) is 5.69 Å². The van der Waals surface area contributed by atoms with Gasteiger partial charge in [-0.3, -0.25) is 20.4 Å². The van der Waals surface area contributed by atoms with Crippen LogP contribution in [-0.2, 0) is 12.8 Å². The van der Waals surface area contributed by atoms with E-state index < -0.39 is 11.8 Å². The minimum Gasteiger partial charge on any atom is -0.378 e. The van der Waals surface area contributed by atoms with E-state index in [1.807, 2.05) is 25.1 Å². The lowest BCUT2D eigenvalue weighted by Crippen LogP contribution is -2.42. The summed E-state index contributed by atoms with van der Waals surface area (Å²) in [5.41, 5.74) is 9.14. The van der Waals surface area contributed by atoms with Gasteiger partial charge < -0.3 is 4.90 Å². The van der Waals surface area contributed by atoms with E-state index in [-0.39, 0.29) is 11.5 Å². The van der Waals surface area contributed by atoms with Crippen LogP contribution in [0.25, 0.3) is 5.69 Å². The van der Waals surface area contributed by atoms with Crippen molar-refractivity contribution >= 4 is 17.5 Å². The van der Waals surface area contributed by atoms with Gasteiger partial charge in [0.15, 0.2) is 5.69 Å². The molecule has 32 heavy (non-hydrogen) atoms. The van der Waals surface area contributed by atoms with E-state index >= 15 is 0 Å². The van der Waals surface area contributed by atoms with Crippen LogP contribution in [0.5, 0.6) is 0 Å². The Kier molecular flexibility index (Phi) is 6.20. The van der Waals surface area contributed by atoms with Gasteiger partial charge in [-0.2, -0.15) is 5.10 Å². The van der Waals surface area contributed by atoms with Crippen LogP contribution in [0.15, 0.2) is 48.5 Å². The highest BCUT2D eigenvalue weighted by Crippen LogP contribution is 2.26. The molecule has 0 radical (unpaired) electrons. The summed E-state index contributed by atoms with van der Waals surface area (Å²) in [7, 11) is 3.78. The Bertz CT molecular complexity index is 1140. The predicted molar refractivity (Wildman–Crippen MR) is 120 cm³/mol. The molecule has 1 heterocycles. The lowest BCUT2D eigenvalue weighted by Gasteiger charge is -2.13. The zero-order valence-electron chi connectivity index (χ0n) is 18.2. The molecule has 2 aromatic carbocycles. The Balaban J connectivity index is 1.56. The number of amides is 2. The minimum absolute atomic E-state index is 0.286. The summed E-state index contributed by atoms with van der Waals surface area (Å²) in [4.78, 5) is 27.4. The van der Waals surface area contributed by atoms with Gasteiger partial charge in [-0.25, -0.2) is 9.07 Å². The van der Waals surface area contributed by atoms with Gasteiger partial charge in [0, 0.05) is 36.6 Å². The van der Waals surface area contributed by atoms with Crippen LogP contribution in [0, 0.1) is 5.82 Å². The number of aromatic nitrogens is 2. The van der Waals surface area contributed by atoms with Crippen molar-refractivity contribution in [1.29, 1.82) is 0 Å². The van der Waals surface area contributed by atoms with Crippen LogP contribution in [-0.4, -0.2) is 35.7 Å². The van der Waals surface area contributed by atoms with Gasteiger partial charge in [-0.1, -0.05) is 12.5 Å². The smallest absolute Gasteiger partial charge is 0.290 e. The molecule has 0 atom stereocenters. The van der Waals surface area contributed by atoms with E-state index in [0.29, 0.717) is 11.3 Å². The van der Waals surface area contributed by atoms with E-state index in [1.54, 1.807) is 35.0 Å². The van der Waals surface area contributed by atoms with Crippen molar-refractivity contribution in [2.24, 2.45) is 0 Å². The van der Waals surface area contributed by atoms with Gasteiger partial charge in [-0.15, -0.1) is 0 Å². The van der Waals surface area contributed by atoms with Crippen molar-refractivity contribution in [3.8, 4) is 5.69 Å². The number of halogens is 1. The highest BCUT2D eigenvalue weighted by Gasteiger charge is 2.25. The van der Waals surface area contributed by atoms with Gasteiger partial charge >= 0.3 is 0 Å². The number of hydrazine groups is 1.